The van der Waals surface area contributed by atoms with Gasteiger partial charge in [-0.15, -0.1) is 0 Å². The zero-order chi connectivity index (χ0) is 13.7. The summed E-state index contributed by atoms with van der Waals surface area (Å²) in [4.78, 5) is 0. The molecule has 0 radical (unpaired) electrons. The van der Waals surface area contributed by atoms with Gasteiger partial charge in [0.15, 0.2) is 0 Å². The minimum atomic E-state index is 0.616. The van der Waals surface area contributed by atoms with Crippen molar-refractivity contribution in [2.75, 3.05) is 20.0 Å². The molecule has 0 spiro atoms. The third kappa shape index (κ3) is 3.53. The van der Waals surface area contributed by atoms with Crippen molar-refractivity contribution < 1.29 is 9.47 Å². The summed E-state index contributed by atoms with van der Waals surface area (Å²) in [6.45, 7) is 0.768. The fraction of sp³-hybridized carbons (Fsp3) is 0.600. The molecule has 1 fully saturated rings. The number of nitrogen functional groups attached to an aromatic ring is 1. The van der Waals surface area contributed by atoms with Crippen molar-refractivity contribution in [2.24, 2.45) is 0 Å². The van der Waals surface area contributed by atoms with Crippen molar-refractivity contribution in [1.29, 1.82) is 0 Å². The predicted octanol–water partition coefficient (Wildman–Crippen LogP) is 2.71. The smallest absolute Gasteiger partial charge is 0.145 e. The first-order valence-electron chi connectivity index (χ1n) is 6.98. The van der Waals surface area contributed by atoms with Crippen LogP contribution < -0.4 is 20.5 Å². The van der Waals surface area contributed by atoms with E-state index in [-0.39, 0.29) is 0 Å². The number of nitrogens with two attached hydrogens (primary N) is 1. The van der Waals surface area contributed by atoms with Gasteiger partial charge in [0.2, 0.25) is 0 Å². The van der Waals surface area contributed by atoms with Gasteiger partial charge in [0.25, 0.3) is 0 Å². The first-order valence-corrected chi connectivity index (χ1v) is 6.98. The van der Waals surface area contributed by atoms with Crippen molar-refractivity contribution >= 4 is 5.69 Å². The molecule has 19 heavy (non-hydrogen) atoms. The number of ether oxygens (including phenoxy) is 2. The molecule has 1 aliphatic rings. The SMILES string of the molecule is COc1cc(CNC2CCCCC2)c(N)c(OC)c1. The average Bonchev–Trinajstić information content (AvgIpc) is 2.47. The highest BCUT2D eigenvalue weighted by molar-refractivity contribution is 5.61. The molecular weight excluding hydrogens is 240 g/mol. The van der Waals surface area contributed by atoms with E-state index in [9.17, 15) is 0 Å². The van der Waals surface area contributed by atoms with Gasteiger partial charge in [0.1, 0.15) is 11.5 Å². The molecule has 0 heterocycles. The van der Waals surface area contributed by atoms with E-state index >= 15 is 0 Å². The first kappa shape index (κ1) is 14.0. The molecule has 4 heteroatoms. The van der Waals surface area contributed by atoms with Crippen LogP contribution in [0.25, 0.3) is 0 Å². The van der Waals surface area contributed by atoms with Crippen LogP contribution in [0.3, 0.4) is 0 Å². The largest absolute Gasteiger partial charge is 0.497 e. The molecule has 0 aliphatic heterocycles. The fourth-order valence-electron chi connectivity index (χ4n) is 2.65. The highest BCUT2D eigenvalue weighted by Crippen LogP contribution is 2.31. The molecule has 0 bridgehead atoms. The maximum Gasteiger partial charge on any atom is 0.145 e. The number of hydrogen-bond acceptors (Lipinski definition) is 4. The second kappa shape index (κ2) is 6.66. The molecular formula is C15H24N2O2. The molecule has 0 unspecified atom stereocenters. The van der Waals surface area contributed by atoms with Gasteiger partial charge in [-0.3, -0.25) is 0 Å². The summed E-state index contributed by atoms with van der Waals surface area (Å²) in [5.74, 6) is 1.46. The lowest BCUT2D eigenvalue weighted by molar-refractivity contribution is 0.370. The van der Waals surface area contributed by atoms with E-state index in [1.807, 2.05) is 12.1 Å². The Morgan fingerprint density at radius 2 is 1.89 bits per heavy atom. The summed E-state index contributed by atoms with van der Waals surface area (Å²) < 4.78 is 10.6. The van der Waals surface area contributed by atoms with Crippen molar-refractivity contribution in [3.05, 3.63) is 17.7 Å². The second-order valence-corrected chi connectivity index (χ2v) is 5.12. The van der Waals surface area contributed by atoms with Crippen molar-refractivity contribution in [3.8, 4) is 11.5 Å². The fourth-order valence-corrected chi connectivity index (χ4v) is 2.65. The van der Waals surface area contributed by atoms with Gasteiger partial charge in [-0.2, -0.15) is 0 Å². The zero-order valence-corrected chi connectivity index (χ0v) is 11.9. The van der Waals surface area contributed by atoms with Gasteiger partial charge >= 0.3 is 0 Å². The van der Waals surface area contributed by atoms with Crippen LogP contribution >= 0.6 is 0 Å². The number of rotatable bonds is 5. The van der Waals surface area contributed by atoms with Crippen molar-refractivity contribution in [1.82, 2.24) is 5.32 Å². The van der Waals surface area contributed by atoms with Crippen LogP contribution in [0.15, 0.2) is 12.1 Å². The highest BCUT2D eigenvalue weighted by Gasteiger charge is 2.14. The van der Waals surface area contributed by atoms with Crippen LogP contribution in [0.2, 0.25) is 0 Å². The lowest BCUT2D eigenvalue weighted by atomic mass is 9.95. The molecule has 1 aliphatic carbocycles. The standard InChI is InChI=1S/C15H24N2O2/c1-18-13-8-11(15(16)14(9-13)19-2)10-17-12-6-4-3-5-7-12/h8-9,12,17H,3-7,10,16H2,1-2H3. The Balaban J connectivity index is 2.05. The Labute approximate surface area is 115 Å². The normalized spacial score (nSPS) is 16.3. The molecule has 106 valence electrons. The molecule has 2 rings (SSSR count). The Bertz CT molecular complexity index is 415. The summed E-state index contributed by atoms with van der Waals surface area (Å²) in [6, 6.07) is 4.41. The number of nitrogens with one attached hydrogen (secondary N) is 1. The highest BCUT2D eigenvalue weighted by atomic mass is 16.5. The maximum atomic E-state index is 6.11. The quantitative estimate of drug-likeness (QED) is 0.803. The van der Waals surface area contributed by atoms with Crippen molar-refractivity contribution in [2.45, 2.75) is 44.7 Å². The molecule has 1 aromatic carbocycles. The van der Waals surface area contributed by atoms with Crippen LogP contribution in [0.4, 0.5) is 5.69 Å². The minimum absolute atomic E-state index is 0.616. The number of anilines is 1. The summed E-state index contributed by atoms with van der Waals surface area (Å²) in [5, 5.41) is 3.59. The molecule has 1 saturated carbocycles. The van der Waals surface area contributed by atoms with Gasteiger partial charge in [-0.1, -0.05) is 19.3 Å². The lowest BCUT2D eigenvalue weighted by Gasteiger charge is -2.23. The van der Waals surface area contributed by atoms with E-state index in [2.05, 4.69) is 5.32 Å². The summed E-state index contributed by atoms with van der Waals surface area (Å²) in [5.41, 5.74) is 7.86. The summed E-state index contributed by atoms with van der Waals surface area (Å²) >= 11 is 0. The summed E-state index contributed by atoms with van der Waals surface area (Å²) in [7, 11) is 3.28. The van der Waals surface area contributed by atoms with E-state index in [1.54, 1.807) is 14.2 Å². The van der Waals surface area contributed by atoms with Crippen LogP contribution in [0.5, 0.6) is 11.5 Å². The van der Waals surface area contributed by atoms with Gasteiger partial charge in [-0.25, -0.2) is 0 Å². The Kier molecular flexibility index (Phi) is 4.91. The molecule has 1 aromatic rings. The van der Waals surface area contributed by atoms with Crippen LogP contribution in [0.1, 0.15) is 37.7 Å². The third-order valence-electron chi connectivity index (χ3n) is 3.84. The summed E-state index contributed by atoms with van der Waals surface area (Å²) in [6.07, 6.45) is 6.55. The van der Waals surface area contributed by atoms with E-state index in [1.165, 1.54) is 32.1 Å². The molecule has 0 aromatic heterocycles. The zero-order valence-electron chi connectivity index (χ0n) is 11.9. The molecule has 4 nitrogen and oxygen atoms in total. The number of benzene rings is 1. The number of methoxy groups -OCH3 is 2. The van der Waals surface area contributed by atoms with Crippen molar-refractivity contribution in [3.63, 3.8) is 0 Å². The molecule has 0 amide bonds. The topological polar surface area (TPSA) is 56.5 Å². The van der Waals surface area contributed by atoms with E-state index < -0.39 is 0 Å². The van der Waals surface area contributed by atoms with Gasteiger partial charge in [-0.05, 0) is 24.5 Å². The minimum Gasteiger partial charge on any atom is -0.497 e. The third-order valence-corrected chi connectivity index (χ3v) is 3.84. The second-order valence-electron chi connectivity index (χ2n) is 5.12. The van der Waals surface area contributed by atoms with E-state index in [0.717, 1.165) is 17.9 Å². The van der Waals surface area contributed by atoms with Gasteiger partial charge < -0.3 is 20.5 Å². The Morgan fingerprint density at radius 1 is 1.16 bits per heavy atom. The van der Waals surface area contributed by atoms with E-state index in [4.69, 9.17) is 15.2 Å². The van der Waals surface area contributed by atoms with Crippen LogP contribution in [0, 0.1) is 0 Å². The van der Waals surface area contributed by atoms with E-state index in [0.29, 0.717) is 17.5 Å². The molecule has 0 atom stereocenters. The van der Waals surface area contributed by atoms with Gasteiger partial charge in [0.05, 0.1) is 19.9 Å². The number of hydrogen-bond donors (Lipinski definition) is 2. The van der Waals surface area contributed by atoms with Crippen LogP contribution in [-0.2, 0) is 6.54 Å². The monoisotopic (exact) mass is 264 g/mol. The van der Waals surface area contributed by atoms with Crippen LogP contribution in [-0.4, -0.2) is 20.3 Å². The Hall–Kier alpha value is -1.42. The predicted molar refractivity (Wildman–Crippen MR) is 77.7 cm³/mol. The maximum absolute atomic E-state index is 6.11. The first-order chi connectivity index (χ1) is 9.24. The molecule has 0 saturated heterocycles. The molecule has 3 N–H and O–H groups in total. The lowest BCUT2D eigenvalue weighted by Crippen LogP contribution is -2.30. The average molecular weight is 264 g/mol. The Morgan fingerprint density at radius 3 is 2.53 bits per heavy atom. The van der Waals surface area contributed by atoms with Gasteiger partial charge in [0, 0.05) is 18.7 Å².